The van der Waals surface area contributed by atoms with Gasteiger partial charge >= 0.3 is 0 Å². The third-order valence-electron chi connectivity index (χ3n) is 3.50. The number of hydrogen-bond acceptors (Lipinski definition) is 18. The van der Waals surface area contributed by atoms with Crippen molar-refractivity contribution in [2.45, 2.75) is 0 Å². The highest BCUT2D eigenvalue weighted by Crippen LogP contribution is 2.20. The van der Waals surface area contributed by atoms with E-state index >= 15 is 0 Å². The molecule has 0 aromatic heterocycles. The molecule has 1 atom stereocenters. The van der Waals surface area contributed by atoms with Gasteiger partial charge in [0.1, 0.15) is 5.94 Å². The van der Waals surface area contributed by atoms with Crippen LogP contribution in [0.4, 0.5) is 0 Å². The zero-order valence-corrected chi connectivity index (χ0v) is 31.4. The minimum Gasteiger partial charge on any atom is -0.386 e. The van der Waals surface area contributed by atoms with Crippen molar-refractivity contribution in [3.8, 4) is 0 Å². The second-order valence-electron chi connectivity index (χ2n) is 6.43. The molecule has 232 valence electrons. The van der Waals surface area contributed by atoms with E-state index in [0.717, 1.165) is 49.8 Å². The molecule has 0 radical (unpaired) electrons. The number of rotatable bonds is 31. The van der Waals surface area contributed by atoms with E-state index in [1.54, 1.807) is 82.3 Å². The Morgan fingerprint density at radius 2 is 1.15 bits per heavy atom. The van der Waals surface area contributed by atoms with E-state index in [-0.39, 0.29) is 22.1 Å². The first-order valence-corrected chi connectivity index (χ1v) is 25.3. The summed E-state index contributed by atoms with van der Waals surface area (Å²) >= 11 is 17.1. The van der Waals surface area contributed by atoms with Gasteiger partial charge in [-0.1, -0.05) is 23.5 Å². The molecule has 1 unspecified atom stereocenters. The van der Waals surface area contributed by atoms with Crippen molar-refractivity contribution in [3.05, 3.63) is 0 Å². The van der Waals surface area contributed by atoms with Crippen LogP contribution in [-0.4, -0.2) is 126 Å². The zero-order valence-electron chi connectivity index (χ0n) is 21.6. The largest absolute Gasteiger partial charge is 0.386 e. The molecule has 0 saturated carbocycles. The lowest BCUT2D eigenvalue weighted by Gasteiger charge is -2.05. The van der Waals surface area contributed by atoms with E-state index in [0.29, 0.717) is 40.0 Å². The second-order valence-corrected chi connectivity index (χ2v) is 21.4. The molecule has 7 nitrogen and oxygen atoms in total. The summed E-state index contributed by atoms with van der Waals surface area (Å²) in [5.74, 6) is 7.80. The van der Waals surface area contributed by atoms with Gasteiger partial charge in [-0.15, -0.1) is 58.8 Å². The van der Waals surface area contributed by atoms with Crippen LogP contribution in [0.2, 0.25) is 0 Å². The van der Waals surface area contributed by atoms with Crippen LogP contribution in [0.3, 0.4) is 0 Å². The summed E-state index contributed by atoms with van der Waals surface area (Å²) in [5, 5.41) is 21.2. The molecule has 0 aliphatic heterocycles. The Labute approximate surface area is 282 Å². The van der Waals surface area contributed by atoms with Crippen LogP contribution in [-0.2, 0) is 30.2 Å². The third-order valence-corrected chi connectivity index (χ3v) is 17.4. The van der Waals surface area contributed by atoms with Gasteiger partial charge in [-0.05, 0) is 0 Å². The number of carbonyl (C=O) groups is 2. The van der Waals surface area contributed by atoms with Crippen molar-refractivity contribution in [3.63, 3.8) is 0 Å². The van der Waals surface area contributed by atoms with E-state index < -0.39 is 10.8 Å². The molecule has 0 spiro atoms. The van der Waals surface area contributed by atoms with Crippen molar-refractivity contribution in [1.82, 2.24) is 0 Å². The lowest BCUT2D eigenvalue weighted by atomic mass is 10.9. The van der Waals surface area contributed by atoms with Crippen LogP contribution >= 0.6 is 129 Å². The van der Waals surface area contributed by atoms with Crippen molar-refractivity contribution in [2.75, 3.05) is 102 Å². The van der Waals surface area contributed by atoms with Crippen LogP contribution in [0, 0.1) is 0 Å². The first-order chi connectivity index (χ1) is 19.1. The molecular weight excluding hydrogens is 737 g/mol. The van der Waals surface area contributed by atoms with Gasteiger partial charge in [0.25, 0.3) is 0 Å². The second kappa shape index (κ2) is 35.7. The van der Waals surface area contributed by atoms with Gasteiger partial charge in [0, 0.05) is 71.4 Å². The van der Waals surface area contributed by atoms with Gasteiger partial charge in [0.2, 0.25) is 0 Å². The van der Waals surface area contributed by atoms with Crippen LogP contribution in [0.15, 0.2) is 0 Å². The minimum atomic E-state index is -0.875. The van der Waals surface area contributed by atoms with E-state index in [2.05, 4.69) is 0 Å². The summed E-state index contributed by atoms with van der Waals surface area (Å²) in [6.07, 6.45) is 0. The Balaban J connectivity index is 3.34. The standard InChI is InChI=1S/C20H38O7S12/c21-11-32-14-34-13-27-26-1-2-28-3-5-30-10-20(24)38-17-36-18-39(25)8-7-29-4-6-31-9-19(23)37-16-35-15-33-12-22/h21-22H,1-18H2. The fraction of sp³-hybridized carbons (Fsp3) is 0.900. The molecule has 0 aliphatic rings. The average molecular weight is 775 g/mol. The number of aliphatic hydroxyl groups is 2. The van der Waals surface area contributed by atoms with Gasteiger partial charge in [-0.25, -0.2) is 9.78 Å². The van der Waals surface area contributed by atoms with Crippen molar-refractivity contribution in [2.24, 2.45) is 0 Å². The third kappa shape index (κ3) is 35.5. The highest BCUT2D eigenvalue weighted by Gasteiger charge is 2.06. The summed E-state index contributed by atoms with van der Waals surface area (Å²) in [5.41, 5.74) is 0. The fourth-order valence-electron chi connectivity index (χ4n) is 1.87. The van der Waals surface area contributed by atoms with Gasteiger partial charge in [0.15, 0.2) is 10.2 Å². The van der Waals surface area contributed by atoms with Crippen LogP contribution in [0.1, 0.15) is 0 Å². The first-order valence-electron chi connectivity index (χ1n) is 11.4. The predicted molar refractivity (Wildman–Crippen MR) is 196 cm³/mol. The average Bonchev–Trinajstić information content (AvgIpc) is 2.93. The van der Waals surface area contributed by atoms with E-state index in [1.165, 1.54) is 47.0 Å². The summed E-state index contributed by atoms with van der Waals surface area (Å²) in [6.45, 7) is 0.531. The number of thioether (sulfide) groups is 11. The topological polar surface area (TPSA) is 110 Å². The Morgan fingerprint density at radius 3 is 1.79 bits per heavy atom. The number of carbonyl (C=O) groups excluding carboxylic acids is 2. The summed E-state index contributed by atoms with van der Waals surface area (Å²) in [4.78, 5) is 33.8. The number of hydrogen-bond donors (Lipinski definition) is 2. The molecular formula is C20H38O7S12. The van der Waals surface area contributed by atoms with Crippen LogP contribution in [0.5, 0.6) is 0 Å². The van der Waals surface area contributed by atoms with E-state index in [9.17, 15) is 13.8 Å². The van der Waals surface area contributed by atoms with Gasteiger partial charge in [-0.2, -0.15) is 47.0 Å². The molecule has 0 aromatic rings. The van der Waals surface area contributed by atoms with Crippen molar-refractivity contribution >= 4 is 150 Å². The predicted octanol–water partition coefficient (Wildman–Crippen LogP) is 5.45. The van der Waals surface area contributed by atoms with Gasteiger partial charge < -0.3 is 10.2 Å². The van der Waals surface area contributed by atoms with E-state index in [1.807, 2.05) is 0 Å². The molecule has 0 saturated heterocycles. The summed E-state index contributed by atoms with van der Waals surface area (Å²) < 4.78 is 12.1. The monoisotopic (exact) mass is 774 g/mol. The molecule has 0 heterocycles. The van der Waals surface area contributed by atoms with Crippen LogP contribution in [0.25, 0.3) is 0 Å². The van der Waals surface area contributed by atoms with Crippen LogP contribution < -0.4 is 0 Å². The molecule has 39 heavy (non-hydrogen) atoms. The lowest BCUT2D eigenvalue weighted by molar-refractivity contribution is -0.274. The quantitative estimate of drug-likeness (QED) is 0.0403. The Kier molecular flexibility index (Phi) is 38.6. The lowest BCUT2D eigenvalue weighted by Crippen LogP contribution is -2.04. The molecule has 2 N–H and O–H groups in total. The fourth-order valence-corrected chi connectivity index (χ4v) is 14.0. The highest BCUT2D eigenvalue weighted by molar-refractivity contribution is 8.28. The Morgan fingerprint density at radius 1 is 0.590 bits per heavy atom. The zero-order chi connectivity index (χ0) is 28.7. The number of aliphatic hydroxyl groups excluding tert-OH is 2. The van der Waals surface area contributed by atoms with Crippen molar-refractivity contribution < 1.29 is 33.8 Å². The normalized spacial score (nSPS) is 12.2. The summed E-state index contributed by atoms with van der Waals surface area (Å²) in [7, 11) is -0.875. The van der Waals surface area contributed by atoms with Gasteiger partial charge in [-0.3, -0.25) is 13.8 Å². The maximum Gasteiger partial charge on any atom is 0.199 e. The first kappa shape index (κ1) is 42.2. The van der Waals surface area contributed by atoms with Gasteiger partial charge in [0.05, 0.1) is 35.1 Å². The molecule has 0 aliphatic carbocycles. The Hall–Kier alpha value is 3.18. The highest BCUT2D eigenvalue weighted by atomic mass is 32.3. The molecule has 0 rings (SSSR count). The summed E-state index contributed by atoms with van der Waals surface area (Å²) in [6, 6.07) is 0. The molecule has 19 heteroatoms. The molecule has 0 aromatic carbocycles. The smallest absolute Gasteiger partial charge is 0.199 e. The SMILES string of the molecule is O=C(CSCCSCCS(=O)CSCSC(=O)CSCCSCCOOCSCSCO)SCSCSCO. The van der Waals surface area contributed by atoms with Crippen molar-refractivity contribution in [1.29, 1.82) is 0 Å². The Bertz CT molecular complexity index is 595. The molecule has 0 fully saturated rings. The minimum absolute atomic E-state index is 0.120. The molecule has 0 bridgehead atoms. The maximum absolute atomic E-state index is 12.1. The molecule has 0 amide bonds. The van der Waals surface area contributed by atoms with E-state index in [4.69, 9.17) is 20.0 Å². The maximum atomic E-state index is 12.1.